The first kappa shape index (κ1) is 18.5. The lowest BCUT2D eigenvalue weighted by atomic mass is 10.1. The molecule has 2 aromatic rings. The van der Waals surface area contributed by atoms with E-state index in [1.165, 1.54) is 7.11 Å². The largest absolute Gasteiger partial charge is 0.494 e. The Balaban J connectivity index is 1.72. The Bertz CT molecular complexity index is 822. The van der Waals surface area contributed by atoms with E-state index in [9.17, 15) is 9.59 Å². The molecule has 1 aromatic heterocycles. The number of hydrogen-bond acceptors (Lipinski definition) is 4. The fourth-order valence-electron chi connectivity index (χ4n) is 2.88. The van der Waals surface area contributed by atoms with Gasteiger partial charge < -0.3 is 14.5 Å². The van der Waals surface area contributed by atoms with Crippen molar-refractivity contribution in [1.82, 2.24) is 14.8 Å². The summed E-state index contributed by atoms with van der Waals surface area (Å²) in [6, 6.07) is 6.51. The van der Waals surface area contributed by atoms with Crippen molar-refractivity contribution in [3.8, 4) is 5.75 Å². The summed E-state index contributed by atoms with van der Waals surface area (Å²) in [6.07, 6.45) is 3.17. The second-order valence-corrected chi connectivity index (χ2v) is 6.57. The van der Waals surface area contributed by atoms with Crippen molar-refractivity contribution >= 4 is 35.0 Å². The lowest BCUT2D eigenvalue weighted by Gasteiger charge is -2.35. The number of hydrogen-bond donors (Lipinski definition) is 0. The second-order valence-electron chi connectivity index (χ2n) is 5.76. The summed E-state index contributed by atoms with van der Waals surface area (Å²) in [5.74, 6) is -0.0670. The number of aromatic nitrogens is 1. The van der Waals surface area contributed by atoms with Crippen LogP contribution in [0, 0.1) is 0 Å². The molecule has 2 amide bonds. The van der Waals surface area contributed by atoms with E-state index in [0.717, 1.165) is 0 Å². The number of benzene rings is 1. The average molecular weight is 394 g/mol. The molecule has 1 saturated heterocycles. The minimum absolute atomic E-state index is 0.0714. The van der Waals surface area contributed by atoms with Crippen molar-refractivity contribution in [2.24, 2.45) is 0 Å². The molecule has 2 heterocycles. The predicted octanol–water partition coefficient (Wildman–Crippen LogP) is 3.00. The van der Waals surface area contributed by atoms with Crippen LogP contribution < -0.4 is 4.74 Å². The number of carbonyl (C=O) groups excluding carboxylic acids is 2. The second kappa shape index (κ2) is 7.93. The van der Waals surface area contributed by atoms with E-state index in [0.29, 0.717) is 36.8 Å². The van der Waals surface area contributed by atoms with Gasteiger partial charge in [0.25, 0.3) is 11.8 Å². The van der Waals surface area contributed by atoms with Gasteiger partial charge in [-0.1, -0.05) is 23.2 Å². The molecular formula is C18H17Cl2N3O3. The Hall–Kier alpha value is -2.31. The highest BCUT2D eigenvalue weighted by molar-refractivity contribution is 6.37. The molecule has 1 aromatic carbocycles. The van der Waals surface area contributed by atoms with Crippen LogP contribution in [0.2, 0.25) is 10.0 Å². The van der Waals surface area contributed by atoms with Crippen LogP contribution in [0.5, 0.6) is 5.75 Å². The third-order valence-corrected chi connectivity index (χ3v) is 4.87. The van der Waals surface area contributed by atoms with E-state index in [-0.39, 0.29) is 28.1 Å². The highest BCUT2D eigenvalue weighted by Gasteiger charge is 2.29. The van der Waals surface area contributed by atoms with Crippen LogP contribution in [-0.2, 0) is 0 Å². The van der Waals surface area contributed by atoms with Gasteiger partial charge >= 0.3 is 0 Å². The first-order valence-electron chi connectivity index (χ1n) is 8.03. The summed E-state index contributed by atoms with van der Waals surface area (Å²) in [6.45, 7) is 1.68. The zero-order valence-electron chi connectivity index (χ0n) is 14.1. The van der Waals surface area contributed by atoms with Gasteiger partial charge in [0, 0.05) is 44.1 Å². The van der Waals surface area contributed by atoms with E-state index in [4.69, 9.17) is 27.9 Å². The third kappa shape index (κ3) is 3.61. The average Bonchev–Trinajstić information content (AvgIpc) is 2.69. The third-order valence-electron chi connectivity index (χ3n) is 4.26. The first-order valence-corrected chi connectivity index (χ1v) is 8.79. The molecule has 1 aliphatic heterocycles. The van der Waals surface area contributed by atoms with Gasteiger partial charge in [0.15, 0.2) is 5.75 Å². The zero-order chi connectivity index (χ0) is 18.7. The van der Waals surface area contributed by atoms with Crippen LogP contribution in [-0.4, -0.2) is 59.9 Å². The zero-order valence-corrected chi connectivity index (χ0v) is 15.6. The van der Waals surface area contributed by atoms with Crippen molar-refractivity contribution in [2.75, 3.05) is 33.3 Å². The van der Waals surface area contributed by atoms with Crippen LogP contribution in [0.25, 0.3) is 0 Å². The SMILES string of the molecule is COc1c(Cl)ccc(Cl)c1C(=O)N1CCN(C(=O)c2ccncc2)CC1. The maximum absolute atomic E-state index is 12.9. The molecule has 0 bridgehead atoms. The molecule has 0 saturated carbocycles. The molecule has 0 aliphatic carbocycles. The van der Waals surface area contributed by atoms with E-state index < -0.39 is 0 Å². The Labute approximate surface area is 161 Å². The number of rotatable bonds is 3. The van der Waals surface area contributed by atoms with Gasteiger partial charge in [0.1, 0.15) is 5.56 Å². The van der Waals surface area contributed by atoms with Gasteiger partial charge in [-0.2, -0.15) is 0 Å². The summed E-state index contributed by atoms with van der Waals surface area (Å²) in [5.41, 5.74) is 0.829. The van der Waals surface area contributed by atoms with Gasteiger partial charge in [0.05, 0.1) is 17.2 Å². The summed E-state index contributed by atoms with van der Waals surface area (Å²) >= 11 is 12.3. The summed E-state index contributed by atoms with van der Waals surface area (Å²) in [7, 11) is 1.44. The van der Waals surface area contributed by atoms with E-state index in [1.54, 1.807) is 46.5 Å². The highest BCUT2D eigenvalue weighted by atomic mass is 35.5. The number of carbonyl (C=O) groups is 2. The van der Waals surface area contributed by atoms with Gasteiger partial charge in [0.2, 0.25) is 0 Å². The maximum Gasteiger partial charge on any atom is 0.259 e. The number of halogens is 2. The number of piperazine rings is 1. The normalized spacial score (nSPS) is 14.3. The van der Waals surface area contributed by atoms with Gasteiger partial charge in [-0.15, -0.1) is 0 Å². The summed E-state index contributed by atoms with van der Waals surface area (Å²) in [4.78, 5) is 32.7. The van der Waals surface area contributed by atoms with Crippen molar-refractivity contribution in [3.63, 3.8) is 0 Å². The number of ether oxygens (including phenoxy) is 1. The van der Waals surface area contributed by atoms with E-state index in [2.05, 4.69) is 4.98 Å². The molecule has 26 heavy (non-hydrogen) atoms. The monoisotopic (exact) mass is 393 g/mol. The Kier molecular flexibility index (Phi) is 5.64. The molecule has 0 spiro atoms. The molecule has 0 atom stereocenters. The van der Waals surface area contributed by atoms with Crippen LogP contribution in [0.3, 0.4) is 0 Å². The van der Waals surface area contributed by atoms with Crippen LogP contribution in [0.15, 0.2) is 36.7 Å². The highest BCUT2D eigenvalue weighted by Crippen LogP contribution is 2.34. The quantitative estimate of drug-likeness (QED) is 0.803. The Morgan fingerprint density at radius 1 is 0.923 bits per heavy atom. The Morgan fingerprint density at radius 2 is 1.46 bits per heavy atom. The minimum atomic E-state index is -0.259. The standard InChI is InChI=1S/C18H17Cl2N3O3/c1-26-16-14(20)3-2-13(19)15(16)18(25)23-10-8-22(9-11-23)17(24)12-4-6-21-7-5-12/h2-7H,8-11H2,1H3. The van der Waals surface area contributed by atoms with Gasteiger partial charge in [-0.3, -0.25) is 14.6 Å². The molecule has 1 fully saturated rings. The number of methoxy groups -OCH3 is 1. The number of amides is 2. The molecule has 0 radical (unpaired) electrons. The fraction of sp³-hybridized carbons (Fsp3) is 0.278. The maximum atomic E-state index is 12.9. The molecule has 3 rings (SSSR count). The first-order chi connectivity index (χ1) is 12.5. The molecular weight excluding hydrogens is 377 g/mol. The summed E-state index contributed by atoms with van der Waals surface area (Å²) in [5, 5.41) is 0.610. The van der Waals surface area contributed by atoms with E-state index in [1.807, 2.05) is 0 Å². The molecule has 1 aliphatic rings. The van der Waals surface area contributed by atoms with Crippen molar-refractivity contribution in [1.29, 1.82) is 0 Å². The van der Waals surface area contributed by atoms with Crippen molar-refractivity contribution in [2.45, 2.75) is 0 Å². The van der Waals surface area contributed by atoms with E-state index >= 15 is 0 Å². The topological polar surface area (TPSA) is 62.7 Å². The van der Waals surface area contributed by atoms with Crippen molar-refractivity contribution in [3.05, 3.63) is 57.8 Å². The molecule has 0 N–H and O–H groups in total. The fourth-order valence-corrected chi connectivity index (χ4v) is 3.34. The summed E-state index contributed by atoms with van der Waals surface area (Å²) < 4.78 is 5.25. The molecule has 8 heteroatoms. The van der Waals surface area contributed by atoms with Crippen LogP contribution in [0.4, 0.5) is 0 Å². The smallest absolute Gasteiger partial charge is 0.259 e. The Morgan fingerprint density at radius 3 is 2.04 bits per heavy atom. The molecule has 136 valence electrons. The van der Waals surface area contributed by atoms with Crippen LogP contribution in [0.1, 0.15) is 20.7 Å². The van der Waals surface area contributed by atoms with Gasteiger partial charge in [-0.05, 0) is 24.3 Å². The van der Waals surface area contributed by atoms with Gasteiger partial charge in [-0.25, -0.2) is 0 Å². The minimum Gasteiger partial charge on any atom is -0.494 e. The van der Waals surface area contributed by atoms with Crippen LogP contribution >= 0.6 is 23.2 Å². The predicted molar refractivity (Wildman–Crippen MR) is 99.1 cm³/mol. The molecule has 0 unspecified atom stereocenters. The lowest BCUT2D eigenvalue weighted by molar-refractivity contribution is 0.0533. The number of pyridine rings is 1. The lowest BCUT2D eigenvalue weighted by Crippen LogP contribution is -2.50. The molecule has 6 nitrogen and oxygen atoms in total. The number of nitrogens with zero attached hydrogens (tertiary/aromatic N) is 3. The van der Waals surface area contributed by atoms with Crippen molar-refractivity contribution < 1.29 is 14.3 Å².